The fraction of sp³-hybridized carbons (Fsp3) is 0.583. The highest BCUT2D eigenvalue weighted by Crippen LogP contribution is 2.18. The molecule has 6 nitrogen and oxygen atoms in total. The minimum absolute atomic E-state index is 0.153. The number of carbonyl (C=O) groups excluding carboxylic acids is 1. The van der Waals surface area contributed by atoms with Gasteiger partial charge in [-0.25, -0.2) is 9.78 Å². The Morgan fingerprint density at radius 3 is 2.74 bits per heavy atom. The Morgan fingerprint density at radius 2 is 2.16 bits per heavy atom. The summed E-state index contributed by atoms with van der Waals surface area (Å²) in [5, 5.41) is 3.50. The molecule has 7 heteroatoms. The zero-order chi connectivity index (χ0) is 14.0. The van der Waals surface area contributed by atoms with Crippen molar-refractivity contribution in [2.45, 2.75) is 32.4 Å². The van der Waals surface area contributed by atoms with Gasteiger partial charge in [0.05, 0.1) is 18.4 Å². The molecule has 1 saturated heterocycles. The summed E-state index contributed by atoms with van der Waals surface area (Å²) >= 11 is 5.74. The lowest BCUT2D eigenvalue weighted by molar-refractivity contribution is 0.0104. The van der Waals surface area contributed by atoms with Crippen LogP contribution in [0.15, 0.2) is 12.4 Å². The Balaban J connectivity index is 1.79. The van der Waals surface area contributed by atoms with Gasteiger partial charge in [-0.15, -0.1) is 0 Å². The molecule has 0 aromatic carbocycles. The van der Waals surface area contributed by atoms with Crippen molar-refractivity contribution in [1.29, 1.82) is 0 Å². The van der Waals surface area contributed by atoms with Gasteiger partial charge >= 0.3 is 6.09 Å². The third kappa shape index (κ3) is 3.96. The first kappa shape index (κ1) is 13.9. The fourth-order valence-corrected chi connectivity index (χ4v) is 1.81. The summed E-state index contributed by atoms with van der Waals surface area (Å²) in [6.07, 6.45) is 2.78. The van der Waals surface area contributed by atoms with E-state index in [2.05, 4.69) is 15.3 Å². The number of ether oxygens (including phenoxy) is 1. The van der Waals surface area contributed by atoms with Gasteiger partial charge in [0, 0.05) is 13.1 Å². The molecule has 19 heavy (non-hydrogen) atoms. The minimum atomic E-state index is -0.464. The van der Waals surface area contributed by atoms with Gasteiger partial charge < -0.3 is 15.0 Å². The van der Waals surface area contributed by atoms with E-state index in [9.17, 15) is 4.79 Å². The molecule has 1 N–H and O–H groups in total. The summed E-state index contributed by atoms with van der Waals surface area (Å²) in [5.41, 5.74) is -0.464. The molecule has 0 saturated carbocycles. The van der Waals surface area contributed by atoms with Crippen LogP contribution in [-0.2, 0) is 4.74 Å². The molecule has 0 atom stereocenters. The number of nitrogens with zero attached hydrogens (tertiary/aromatic N) is 3. The van der Waals surface area contributed by atoms with E-state index in [0.29, 0.717) is 24.1 Å². The number of carbonyl (C=O) groups is 1. The van der Waals surface area contributed by atoms with Crippen LogP contribution in [0.1, 0.15) is 20.8 Å². The first-order valence-electron chi connectivity index (χ1n) is 6.05. The molecule has 2 rings (SSSR count). The predicted octanol–water partition coefficient (Wildman–Crippen LogP) is 2.16. The van der Waals surface area contributed by atoms with E-state index in [0.717, 1.165) is 0 Å². The zero-order valence-corrected chi connectivity index (χ0v) is 11.9. The van der Waals surface area contributed by atoms with Crippen molar-refractivity contribution in [3.8, 4) is 0 Å². The van der Waals surface area contributed by atoms with Gasteiger partial charge in [-0.05, 0) is 20.8 Å². The first-order chi connectivity index (χ1) is 8.83. The summed E-state index contributed by atoms with van der Waals surface area (Å²) < 4.78 is 5.27. The molecule has 1 aromatic rings. The molecule has 1 amide bonds. The maximum atomic E-state index is 11.7. The Kier molecular flexibility index (Phi) is 3.80. The Hall–Kier alpha value is -1.56. The quantitative estimate of drug-likeness (QED) is 0.901. The maximum absolute atomic E-state index is 11.7. The molecule has 1 fully saturated rings. The SMILES string of the molecule is CC(C)(C)OC(=O)N1CC(Nc2cncc(Cl)n2)C1. The molecule has 0 spiro atoms. The number of hydrogen-bond acceptors (Lipinski definition) is 5. The monoisotopic (exact) mass is 284 g/mol. The molecule has 2 heterocycles. The van der Waals surface area contributed by atoms with E-state index < -0.39 is 5.60 Å². The number of nitrogens with one attached hydrogen (secondary N) is 1. The summed E-state index contributed by atoms with van der Waals surface area (Å²) in [6, 6.07) is 0.153. The van der Waals surface area contributed by atoms with Crippen LogP contribution >= 0.6 is 11.6 Å². The Morgan fingerprint density at radius 1 is 1.47 bits per heavy atom. The smallest absolute Gasteiger partial charge is 0.410 e. The highest BCUT2D eigenvalue weighted by Gasteiger charge is 2.33. The second kappa shape index (κ2) is 5.21. The topological polar surface area (TPSA) is 67.3 Å². The summed E-state index contributed by atoms with van der Waals surface area (Å²) in [4.78, 5) is 21.4. The van der Waals surface area contributed by atoms with E-state index >= 15 is 0 Å². The van der Waals surface area contributed by atoms with Crippen LogP contribution in [0.5, 0.6) is 0 Å². The Bertz CT molecular complexity index is 469. The third-order valence-corrected chi connectivity index (χ3v) is 2.67. The van der Waals surface area contributed by atoms with E-state index in [4.69, 9.17) is 16.3 Å². The summed E-state index contributed by atoms with van der Waals surface area (Å²) in [5.74, 6) is 0.612. The average molecular weight is 285 g/mol. The number of likely N-dealkylation sites (tertiary alicyclic amines) is 1. The Labute approximate surface area is 117 Å². The largest absolute Gasteiger partial charge is 0.444 e. The fourth-order valence-electron chi connectivity index (χ4n) is 1.67. The van der Waals surface area contributed by atoms with Crippen LogP contribution in [0.4, 0.5) is 10.6 Å². The number of halogens is 1. The van der Waals surface area contributed by atoms with Crippen LogP contribution < -0.4 is 5.32 Å². The molecule has 1 aromatic heterocycles. The van der Waals surface area contributed by atoms with Gasteiger partial charge in [0.25, 0.3) is 0 Å². The van der Waals surface area contributed by atoms with Gasteiger partial charge in [-0.1, -0.05) is 11.6 Å². The molecule has 0 aliphatic carbocycles. The summed E-state index contributed by atoms with van der Waals surface area (Å²) in [7, 11) is 0. The molecular weight excluding hydrogens is 268 g/mol. The molecule has 1 aliphatic heterocycles. The van der Waals surface area contributed by atoms with Gasteiger partial charge in [0.15, 0.2) is 0 Å². The molecule has 0 unspecified atom stereocenters. The highest BCUT2D eigenvalue weighted by molar-refractivity contribution is 6.29. The number of anilines is 1. The molecule has 0 radical (unpaired) electrons. The average Bonchev–Trinajstić information content (AvgIpc) is 2.20. The maximum Gasteiger partial charge on any atom is 0.410 e. The lowest BCUT2D eigenvalue weighted by atomic mass is 10.1. The van der Waals surface area contributed by atoms with Crippen molar-refractivity contribution in [3.05, 3.63) is 17.5 Å². The third-order valence-electron chi connectivity index (χ3n) is 2.49. The van der Waals surface area contributed by atoms with Crippen LogP contribution in [-0.4, -0.2) is 45.7 Å². The second-order valence-corrected chi connectivity index (χ2v) is 5.84. The number of rotatable bonds is 2. The lowest BCUT2D eigenvalue weighted by Crippen LogP contribution is -2.58. The number of amides is 1. The normalized spacial score (nSPS) is 15.9. The van der Waals surface area contributed by atoms with Gasteiger partial charge in [-0.3, -0.25) is 4.98 Å². The van der Waals surface area contributed by atoms with Crippen molar-refractivity contribution in [1.82, 2.24) is 14.9 Å². The number of aromatic nitrogens is 2. The lowest BCUT2D eigenvalue weighted by Gasteiger charge is -2.40. The zero-order valence-electron chi connectivity index (χ0n) is 11.2. The second-order valence-electron chi connectivity index (χ2n) is 5.45. The first-order valence-corrected chi connectivity index (χ1v) is 6.43. The van der Waals surface area contributed by atoms with Crippen molar-refractivity contribution in [3.63, 3.8) is 0 Å². The molecule has 0 bridgehead atoms. The van der Waals surface area contributed by atoms with E-state index in [1.54, 1.807) is 11.1 Å². The van der Waals surface area contributed by atoms with Crippen molar-refractivity contribution >= 4 is 23.5 Å². The summed E-state index contributed by atoms with van der Waals surface area (Å²) in [6.45, 7) is 6.72. The minimum Gasteiger partial charge on any atom is -0.444 e. The standard InChI is InChI=1S/C12H17ClN4O2/c1-12(2,3)19-11(18)17-6-8(7-17)15-10-5-14-4-9(13)16-10/h4-5,8H,6-7H2,1-3H3,(H,15,16). The highest BCUT2D eigenvalue weighted by atomic mass is 35.5. The van der Waals surface area contributed by atoms with Crippen molar-refractivity contribution in [2.24, 2.45) is 0 Å². The van der Waals surface area contributed by atoms with E-state index in [1.807, 2.05) is 20.8 Å². The van der Waals surface area contributed by atoms with Crippen LogP contribution in [0.3, 0.4) is 0 Å². The van der Waals surface area contributed by atoms with Crippen molar-refractivity contribution < 1.29 is 9.53 Å². The molecule has 1 aliphatic rings. The van der Waals surface area contributed by atoms with E-state index in [-0.39, 0.29) is 12.1 Å². The molecular formula is C12H17ClN4O2. The molecule has 104 valence electrons. The van der Waals surface area contributed by atoms with E-state index in [1.165, 1.54) is 6.20 Å². The van der Waals surface area contributed by atoms with Gasteiger partial charge in [-0.2, -0.15) is 0 Å². The van der Waals surface area contributed by atoms with Crippen molar-refractivity contribution in [2.75, 3.05) is 18.4 Å². The van der Waals surface area contributed by atoms with Crippen LogP contribution in [0.25, 0.3) is 0 Å². The van der Waals surface area contributed by atoms with Crippen LogP contribution in [0.2, 0.25) is 5.15 Å². The number of hydrogen-bond donors (Lipinski definition) is 1. The predicted molar refractivity (Wildman–Crippen MR) is 72.3 cm³/mol. The van der Waals surface area contributed by atoms with Gasteiger partial charge in [0.2, 0.25) is 0 Å². The van der Waals surface area contributed by atoms with Gasteiger partial charge in [0.1, 0.15) is 16.6 Å². The van der Waals surface area contributed by atoms with Crippen LogP contribution in [0, 0.1) is 0 Å².